The fourth-order valence-corrected chi connectivity index (χ4v) is 1.86. The third-order valence-electron chi connectivity index (χ3n) is 2.47. The quantitative estimate of drug-likeness (QED) is 0.612. The summed E-state index contributed by atoms with van der Waals surface area (Å²) < 4.78 is 56.9. The standard InChI is InChI=1S/C13H8BrF4NO/c14-8-5-12(10(19)6-9(8)15)20-11-4-2-1-3-7(11)13(16,17)18/h1-6H,19H2. The van der Waals surface area contributed by atoms with E-state index in [1.54, 1.807) is 0 Å². The Labute approximate surface area is 120 Å². The Morgan fingerprint density at radius 2 is 1.70 bits per heavy atom. The summed E-state index contributed by atoms with van der Waals surface area (Å²) in [5.74, 6) is -1.08. The minimum Gasteiger partial charge on any atom is -0.455 e. The fourth-order valence-electron chi connectivity index (χ4n) is 1.54. The maximum absolute atomic E-state index is 13.2. The molecule has 0 bridgehead atoms. The lowest BCUT2D eigenvalue weighted by atomic mass is 10.2. The highest BCUT2D eigenvalue weighted by molar-refractivity contribution is 9.10. The molecule has 0 aliphatic carbocycles. The van der Waals surface area contributed by atoms with Gasteiger partial charge >= 0.3 is 6.18 Å². The highest BCUT2D eigenvalue weighted by atomic mass is 79.9. The van der Waals surface area contributed by atoms with Gasteiger partial charge in [0.15, 0.2) is 5.75 Å². The third kappa shape index (κ3) is 3.04. The van der Waals surface area contributed by atoms with Crippen molar-refractivity contribution < 1.29 is 22.3 Å². The Kier molecular flexibility index (Phi) is 3.89. The van der Waals surface area contributed by atoms with Crippen LogP contribution in [0, 0.1) is 5.82 Å². The minimum atomic E-state index is -4.55. The van der Waals surface area contributed by atoms with Crippen LogP contribution >= 0.6 is 15.9 Å². The second-order valence-electron chi connectivity index (χ2n) is 3.90. The zero-order valence-corrected chi connectivity index (χ0v) is 11.4. The van der Waals surface area contributed by atoms with Crippen LogP contribution in [0.2, 0.25) is 0 Å². The van der Waals surface area contributed by atoms with Crippen molar-refractivity contribution in [2.24, 2.45) is 0 Å². The van der Waals surface area contributed by atoms with Crippen molar-refractivity contribution in [1.82, 2.24) is 0 Å². The highest BCUT2D eigenvalue weighted by Gasteiger charge is 2.34. The molecule has 2 rings (SSSR count). The molecule has 0 unspecified atom stereocenters. The van der Waals surface area contributed by atoms with E-state index in [0.29, 0.717) is 0 Å². The number of hydrogen-bond donors (Lipinski definition) is 1. The van der Waals surface area contributed by atoms with Gasteiger partial charge in [0.1, 0.15) is 11.6 Å². The topological polar surface area (TPSA) is 35.2 Å². The molecule has 0 saturated heterocycles. The molecule has 0 heterocycles. The average molecular weight is 350 g/mol. The normalized spacial score (nSPS) is 11.4. The van der Waals surface area contributed by atoms with Gasteiger partial charge in [-0.2, -0.15) is 13.2 Å². The van der Waals surface area contributed by atoms with Gasteiger partial charge in [0.25, 0.3) is 0 Å². The number of para-hydroxylation sites is 1. The molecule has 106 valence electrons. The predicted molar refractivity (Wildman–Crippen MR) is 70.0 cm³/mol. The zero-order valence-electron chi connectivity index (χ0n) is 9.84. The molecule has 0 aromatic heterocycles. The van der Waals surface area contributed by atoms with Gasteiger partial charge in [-0.25, -0.2) is 4.39 Å². The van der Waals surface area contributed by atoms with Gasteiger partial charge in [0.05, 0.1) is 15.7 Å². The molecule has 0 atom stereocenters. The SMILES string of the molecule is Nc1cc(F)c(Br)cc1Oc1ccccc1C(F)(F)F. The molecule has 2 nitrogen and oxygen atoms in total. The van der Waals surface area contributed by atoms with Crippen molar-refractivity contribution in [3.05, 3.63) is 52.3 Å². The van der Waals surface area contributed by atoms with Crippen LogP contribution in [0.4, 0.5) is 23.2 Å². The molecule has 0 fully saturated rings. The van der Waals surface area contributed by atoms with E-state index in [1.807, 2.05) is 0 Å². The summed E-state index contributed by atoms with van der Waals surface area (Å²) in [6.07, 6.45) is -4.55. The molecule has 20 heavy (non-hydrogen) atoms. The second-order valence-corrected chi connectivity index (χ2v) is 4.75. The smallest absolute Gasteiger partial charge is 0.419 e. The van der Waals surface area contributed by atoms with Crippen LogP contribution in [-0.4, -0.2) is 0 Å². The zero-order chi connectivity index (χ0) is 14.9. The van der Waals surface area contributed by atoms with Gasteiger partial charge in [-0.05, 0) is 28.1 Å². The summed E-state index contributed by atoms with van der Waals surface area (Å²) in [4.78, 5) is 0. The molecular formula is C13H8BrF4NO. The average Bonchev–Trinajstić information content (AvgIpc) is 2.35. The maximum atomic E-state index is 13.2. The Bertz CT molecular complexity index is 643. The number of benzene rings is 2. The Hall–Kier alpha value is -1.76. The first-order valence-corrected chi connectivity index (χ1v) is 6.17. The number of alkyl halides is 3. The van der Waals surface area contributed by atoms with E-state index in [-0.39, 0.29) is 15.9 Å². The number of anilines is 1. The Morgan fingerprint density at radius 1 is 1.05 bits per heavy atom. The van der Waals surface area contributed by atoms with Crippen molar-refractivity contribution in [2.75, 3.05) is 5.73 Å². The molecule has 2 N–H and O–H groups in total. The van der Waals surface area contributed by atoms with Gasteiger partial charge in [0, 0.05) is 12.1 Å². The lowest BCUT2D eigenvalue weighted by molar-refractivity contribution is -0.138. The minimum absolute atomic E-state index is 0.0474. The summed E-state index contributed by atoms with van der Waals surface area (Å²) >= 11 is 2.92. The van der Waals surface area contributed by atoms with Crippen molar-refractivity contribution >= 4 is 21.6 Å². The molecule has 2 aromatic carbocycles. The number of nitrogens with two attached hydrogens (primary N) is 1. The molecular weight excluding hydrogens is 342 g/mol. The van der Waals surface area contributed by atoms with E-state index in [1.165, 1.54) is 24.3 Å². The first-order chi connectivity index (χ1) is 9.29. The van der Waals surface area contributed by atoms with Crippen LogP contribution in [0.3, 0.4) is 0 Å². The molecule has 0 aliphatic rings. The number of halogens is 5. The van der Waals surface area contributed by atoms with E-state index < -0.39 is 23.3 Å². The number of hydrogen-bond acceptors (Lipinski definition) is 2. The molecule has 0 aliphatic heterocycles. The number of ether oxygens (including phenoxy) is 1. The molecule has 7 heteroatoms. The fraction of sp³-hybridized carbons (Fsp3) is 0.0769. The van der Waals surface area contributed by atoms with Gasteiger partial charge in [-0.1, -0.05) is 12.1 Å². The van der Waals surface area contributed by atoms with Gasteiger partial charge in [-0.3, -0.25) is 0 Å². The molecule has 0 radical (unpaired) electrons. The number of nitrogen functional groups attached to an aromatic ring is 1. The van der Waals surface area contributed by atoms with E-state index in [4.69, 9.17) is 10.5 Å². The Balaban J connectivity index is 2.43. The molecule has 0 spiro atoms. The van der Waals surface area contributed by atoms with E-state index >= 15 is 0 Å². The number of rotatable bonds is 2. The van der Waals surface area contributed by atoms with Gasteiger partial charge < -0.3 is 10.5 Å². The molecule has 0 saturated carbocycles. The van der Waals surface area contributed by atoms with Crippen LogP contribution in [0.1, 0.15) is 5.56 Å². The summed E-state index contributed by atoms with van der Waals surface area (Å²) in [5, 5.41) is 0. The third-order valence-corrected chi connectivity index (χ3v) is 3.07. The van der Waals surface area contributed by atoms with Crippen molar-refractivity contribution in [3.8, 4) is 11.5 Å². The summed E-state index contributed by atoms with van der Waals surface area (Å²) in [7, 11) is 0. The van der Waals surface area contributed by atoms with E-state index in [9.17, 15) is 17.6 Å². The van der Waals surface area contributed by atoms with Crippen molar-refractivity contribution in [2.45, 2.75) is 6.18 Å². The lowest BCUT2D eigenvalue weighted by Crippen LogP contribution is -2.07. The summed E-state index contributed by atoms with van der Waals surface area (Å²) in [5.41, 5.74) is 4.50. The van der Waals surface area contributed by atoms with Crippen molar-refractivity contribution in [1.29, 1.82) is 0 Å². The highest BCUT2D eigenvalue weighted by Crippen LogP contribution is 2.39. The van der Waals surface area contributed by atoms with E-state index in [0.717, 1.165) is 12.1 Å². The first-order valence-electron chi connectivity index (χ1n) is 5.37. The first kappa shape index (κ1) is 14.6. The molecule has 2 aromatic rings. The van der Waals surface area contributed by atoms with E-state index in [2.05, 4.69) is 15.9 Å². The second kappa shape index (κ2) is 5.32. The largest absolute Gasteiger partial charge is 0.455 e. The summed E-state index contributed by atoms with van der Waals surface area (Å²) in [6, 6.07) is 6.86. The summed E-state index contributed by atoms with van der Waals surface area (Å²) in [6.45, 7) is 0. The van der Waals surface area contributed by atoms with Crippen LogP contribution in [0.25, 0.3) is 0 Å². The van der Waals surface area contributed by atoms with Crippen LogP contribution in [-0.2, 0) is 6.18 Å². The van der Waals surface area contributed by atoms with Crippen LogP contribution in [0.5, 0.6) is 11.5 Å². The predicted octanol–water partition coefficient (Wildman–Crippen LogP) is 4.98. The van der Waals surface area contributed by atoms with Crippen molar-refractivity contribution in [3.63, 3.8) is 0 Å². The van der Waals surface area contributed by atoms with Crippen LogP contribution < -0.4 is 10.5 Å². The Morgan fingerprint density at radius 3 is 2.35 bits per heavy atom. The monoisotopic (exact) mass is 349 g/mol. The van der Waals surface area contributed by atoms with Crippen LogP contribution in [0.15, 0.2) is 40.9 Å². The maximum Gasteiger partial charge on any atom is 0.419 e. The lowest BCUT2D eigenvalue weighted by Gasteiger charge is -2.14. The van der Waals surface area contributed by atoms with Gasteiger partial charge in [0.2, 0.25) is 0 Å². The van der Waals surface area contributed by atoms with Gasteiger partial charge in [-0.15, -0.1) is 0 Å². The molecule has 0 amide bonds.